The Balaban J connectivity index is 2.53. The van der Waals surface area contributed by atoms with Crippen molar-refractivity contribution in [2.45, 2.75) is 13.0 Å². The Bertz CT molecular complexity index is 655. The molecule has 1 aromatic carbocycles. The van der Waals surface area contributed by atoms with Gasteiger partial charge in [0, 0.05) is 5.39 Å². The molecule has 0 radical (unpaired) electrons. The van der Waals surface area contributed by atoms with E-state index in [0.717, 1.165) is 5.39 Å². The molecule has 6 nitrogen and oxygen atoms in total. The van der Waals surface area contributed by atoms with E-state index in [1.807, 2.05) is 12.1 Å². The molecule has 2 rings (SSSR count). The van der Waals surface area contributed by atoms with Crippen molar-refractivity contribution in [3.05, 3.63) is 35.9 Å². The Hall–Kier alpha value is -2.63. The Morgan fingerprint density at radius 2 is 2.05 bits per heavy atom. The summed E-state index contributed by atoms with van der Waals surface area (Å²) in [4.78, 5) is 26.5. The highest BCUT2D eigenvalue weighted by atomic mass is 16.4. The highest BCUT2D eigenvalue weighted by Gasteiger charge is 2.17. The summed E-state index contributed by atoms with van der Waals surface area (Å²) in [6.45, 7) is 1.46. The van der Waals surface area contributed by atoms with E-state index < -0.39 is 17.9 Å². The van der Waals surface area contributed by atoms with Crippen LogP contribution in [0.2, 0.25) is 0 Å². The van der Waals surface area contributed by atoms with Crippen molar-refractivity contribution in [1.82, 2.24) is 4.98 Å². The molecular weight excluding hydrogens is 246 g/mol. The molecule has 0 fully saturated rings. The number of amides is 1. The van der Waals surface area contributed by atoms with E-state index in [1.54, 1.807) is 18.2 Å². The van der Waals surface area contributed by atoms with Gasteiger partial charge in [-0.2, -0.15) is 0 Å². The van der Waals surface area contributed by atoms with Gasteiger partial charge >= 0.3 is 5.97 Å². The fraction of sp³-hybridized carbons (Fsp3) is 0.154. The molecule has 1 atom stereocenters. The summed E-state index contributed by atoms with van der Waals surface area (Å²) in [7, 11) is 0. The van der Waals surface area contributed by atoms with Crippen molar-refractivity contribution in [2.24, 2.45) is 5.73 Å². The summed E-state index contributed by atoms with van der Waals surface area (Å²) in [6, 6.07) is 7.94. The normalized spacial score (nSPS) is 12.1. The number of hydrogen-bond donors (Lipinski definition) is 3. The molecule has 0 bridgehead atoms. The van der Waals surface area contributed by atoms with Gasteiger partial charge in [0.05, 0.1) is 11.1 Å². The number of pyridine rings is 1. The average Bonchev–Trinajstić information content (AvgIpc) is 2.37. The summed E-state index contributed by atoms with van der Waals surface area (Å²) < 4.78 is 0. The lowest BCUT2D eigenvalue weighted by atomic mass is 10.1. The number of nitrogens with zero attached hydrogens (tertiary/aromatic N) is 1. The highest BCUT2D eigenvalue weighted by Crippen LogP contribution is 2.20. The van der Waals surface area contributed by atoms with Crippen LogP contribution < -0.4 is 11.1 Å². The van der Waals surface area contributed by atoms with Crippen LogP contribution in [0.1, 0.15) is 17.3 Å². The summed E-state index contributed by atoms with van der Waals surface area (Å²) in [5, 5.41) is 12.3. The van der Waals surface area contributed by atoms with Gasteiger partial charge in [0.25, 0.3) is 5.91 Å². The number of benzene rings is 1. The van der Waals surface area contributed by atoms with Gasteiger partial charge < -0.3 is 16.2 Å². The third-order valence-corrected chi connectivity index (χ3v) is 2.71. The van der Waals surface area contributed by atoms with Crippen LogP contribution in [0, 0.1) is 0 Å². The number of carbonyl (C=O) groups excluding carboxylic acids is 1. The van der Waals surface area contributed by atoms with Crippen LogP contribution in [0.3, 0.4) is 0 Å². The maximum atomic E-state index is 11.4. The number of aromatic nitrogens is 1. The van der Waals surface area contributed by atoms with Crippen molar-refractivity contribution >= 4 is 28.6 Å². The number of nitrogens with one attached hydrogen (secondary N) is 1. The molecule has 1 heterocycles. The van der Waals surface area contributed by atoms with Crippen LogP contribution in [0.25, 0.3) is 10.9 Å². The van der Waals surface area contributed by atoms with E-state index in [-0.39, 0.29) is 11.4 Å². The van der Waals surface area contributed by atoms with E-state index in [9.17, 15) is 9.59 Å². The number of para-hydroxylation sites is 1. The second kappa shape index (κ2) is 4.93. The number of hydrogen-bond acceptors (Lipinski definition) is 4. The standard InChI is InChI=1S/C13H13N3O3/c1-7(13(18)19)15-12-9(11(14)17)6-8-4-2-3-5-10(8)16-12/h2-7H,1H3,(H2,14,17)(H,15,16)(H,18,19). The summed E-state index contributed by atoms with van der Waals surface area (Å²) in [5.41, 5.74) is 6.12. The lowest BCUT2D eigenvalue weighted by molar-refractivity contribution is -0.137. The third-order valence-electron chi connectivity index (χ3n) is 2.71. The lowest BCUT2D eigenvalue weighted by Crippen LogP contribution is -2.27. The highest BCUT2D eigenvalue weighted by molar-refractivity contribution is 6.01. The second-order valence-corrected chi connectivity index (χ2v) is 4.15. The second-order valence-electron chi connectivity index (χ2n) is 4.15. The monoisotopic (exact) mass is 259 g/mol. The van der Waals surface area contributed by atoms with Gasteiger partial charge in [-0.05, 0) is 19.1 Å². The van der Waals surface area contributed by atoms with Crippen LogP contribution in [0.4, 0.5) is 5.82 Å². The lowest BCUT2D eigenvalue weighted by Gasteiger charge is -2.13. The minimum Gasteiger partial charge on any atom is -0.480 e. The van der Waals surface area contributed by atoms with E-state index >= 15 is 0 Å². The number of rotatable bonds is 4. The van der Waals surface area contributed by atoms with E-state index in [0.29, 0.717) is 5.52 Å². The first kappa shape index (κ1) is 12.8. The molecule has 0 aliphatic carbocycles. The predicted molar refractivity (Wildman–Crippen MR) is 71.0 cm³/mol. The predicted octanol–water partition coefficient (Wildman–Crippen LogP) is 1.22. The average molecular weight is 259 g/mol. The number of anilines is 1. The Morgan fingerprint density at radius 3 is 2.68 bits per heavy atom. The van der Waals surface area contributed by atoms with Crippen LogP contribution in [-0.2, 0) is 4.79 Å². The number of carboxylic acids is 1. The third kappa shape index (κ3) is 2.62. The van der Waals surface area contributed by atoms with Crippen LogP contribution in [0.5, 0.6) is 0 Å². The van der Waals surface area contributed by atoms with Crippen molar-refractivity contribution in [3.8, 4) is 0 Å². The fourth-order valence-corrected chi connectivity index (χ4v) is 1.68. The summed E-state index contributed by atoms with van der Waals surface area (Å²) >= 11 is 0. The Labute approximate surface area is 109 Å². The maximum absolute atomic E-state index is 11.4. The maximum Gasteiger partial charge on any atom is 0.325 e. The van der Waals surface area contributed by atoms with E-state index in [1.165, 1.54) is 6.92 Å². The molecule has 1 amide bonds. The van der Waals surface area contributed by atoms with E-state index in [2.05, 4.69) is 10.3 Å². The molecule has 0 aliphatic rings. The van der Waals surface area contributed by atoms with Crippen molar-refractivity contribution in [3.63, 3.8) is 0 Å². The topological polar surface area (TPSA) is 105 Å². The molecule has 1 aromatic heterocycles. The Kier molecular flexibility index (Phi) is 3.33. The first-order valence-electron chi connectivity index (χ1n) is 5.68. The zero-order valence-corrected chi connectivity index (χ0v) is 10.3. The Morgan fingerprint density at radius 1 is 1.37 bits per heavy atom. The first-order valence-corrected chi connectivity index (χ1v) is 5.68. The van der Waals surface area contributed by atoms with Gasteiger partial charge in [0.1, 0.15) is 11.9 Å². The molecule has 0 saturated carbocycles. The zero-order chi connectivity index (χ0) is 14.0. The number of primary amides is 1. The number of fused-ring (bicyclic) bond motifs is 1. The molecule has 2 aromatic rings. The minimum absolute atomic E-state index is 0.173. The van der Waals surface area contributed by atoms with Gasteiger partial charge in [0.15, 0.2) is 0 Å². The molecule has 0 aliphatic heterocycles. The SMILES string of the molecule is CC(Nc1nc2ccccc2cc1C(N)=O)C(=O)O. The zero-order valence-electron chi connectivity index (χ0n) is 10.3. The number of nitrogens with two attached hydrogens (primary N) is 1. The molecule has 1 unspecified atom stereocenters. The van der Waals surface area contributed by atoms with Crippen molar-refractivity contribution in [2.75, 3.05) is 5.32 Å². The molecule has 4 N–H and O–H groups in total. The molecule has 6 heteroatoms. The number of carboxylic acid groups (broad SMARTS) is 1. The minimum atomic E-state index is -1.04. The molecule has 19 heavy (non-hydrogen) atoms. The van der Waals surface area contributed by atoms with Gasteiger partial charge in [-0.15, -0.1) is 0 Å². The number of carbonyl (C=O) groups is 2. The summed E-state index contributed by atoms with van der Waals surface area (Å²) in [6.07, 6.45) is 0. The largest absolute Gasteiger partial charge is 0.480 e. The van der Waals surface area contributed by atoms with Gasteiger partial charge in [0.2, 0.25) is 0 Å². The quantitative estimate of drug-likeness (QED) is 0.765. The van der Waals surface area contributed by atoms with Gasteiger partial charge in [-0.1, -0.05) is 18.2 Å². The number of aliphatic carboxylic acids is 1. The molecule has 0 saturated heterocycles. The smallest absolute Gasteiger partial charge is 0.325 e. The molecule has 98 valence electrons. The van der Waals surface area contributed by atoms with Gasteiger partial charge in [-0.25, -0.2) is 4.98 Å². The van der Waals surface area contributed by atoms with Crippen molar-refractivity contribution < 1.29 is 14.7 Å². The fourth-order valence-electron chi connectivity index (χ4n) is 1.68. The van der Waals surface area contributed by atoms with Crippen LogP contribution in [-0.4, -0.2) is 28.0 Å². The molecule has 0 spiro atoms. The van der Waals surface area contributed by atoms with E-state index in [4.69, 9.17) is 10.8 Å². The molecular formula is C13H13N3O3. The van der Waals surface area contributed by atoms with Crippen LogP contribution >= 0.6 is 0 Å². The van der Waals surface area contributed by atoms with Gasteiger partial charge in [-0.3, -0.25) is 9.59 Å². The summed E-state index contributed by atoms with van der Waals surface area (Å²) in [5.74, 6) is -1.51. The van der Waals surface area contributed by atoms with Crippen molar-refractivity contribution in [1.29, 1.82) is 0 Å². The van der Waals surface area contributed by atoms with Crippen LogP contribution in [0.15, 0.2) is 30.3 Å². The first-order chi connectivity index (χ1) is 8.99.